The van der Waals surface area contributed by atoms with Crippen LogP contribution >= 0.6 is 11.6 Å². The molecule has 3 aliphatic heterocycles. The lowest BCUT2D eigenvalue weighted by atomic mass is 9.84. The lowest BCUT2D eigenvalue weighted by molar-refractivity contribution is 0.0118. The smallest absolute Gasteiger partial charge is 0.253 e. The number of carbonyl (C=O) groups is 1. The van der Waals surface area contributed by atoms with Crippen LogP contribution in [0.4, 0.5) is 5.69 Å². The Bertz CT molecular complexity index is 1620. The highest BCUT2D eigenvalue weighted by atomic mass is 35.5. The van der Waals surface area contributed by atoms with E-state index in [9.17, 15) is 9.90 Å². The van der Waals surface area contributed by atoms with Gasteiger partial charge in [0.2, 0.25) is 0 Å². The number of halogens is 1. The van der Waals surface area contributed by atoms with Gasteiger partial charge >= 0.3 is 0 Å². The fraction of sp³-hybridized carbons (Fsp3) is 0.457. The molecule has 10 heteroatoms. The fourth-order valence-corrected chi connectivity index (χ4v) is 7.30. The number of nitrogens with zero attached hydrogens (tertiary/aromatic N) is 7. The van der Waals surface area contributed by atoms with Crippen molar-refractivity contribution in [1.82, 2.24) is 29.3 Å². The van der Waals surface area contributed by atoms with Gasteiger partial charge in [0.15, 0.2) is 11.5 Å². The summed E-state index contributed by atoms with van der Waals surface area (Å²) in [7, 11) is 2.19. The highest BCUT2D eigenvalue weighted by molar-refractivity contribution is 6.30. The second-order valence-corrected chi connectivity index (χ2v) is 13.4. The molecular weight excluding hydrogens is 586 g/mol. The van der Waals surface area contributed by atoms with Crippen LogP contribution in [0.5, 0.6) is 0 Å². The van der Waals surface area contributed by atoms with Crippen LogP contribution < -0.4 is 4.90 Å². The van der Waals surface area contributed by atoms with Gasteiger partial charge in [-0.3, -0.25) is 9.69 Å². The molecule has 3 fully saturated rings. The largest absolute Gasteiger partial charge is 0.385 e. The zero-order chi connectivity index (χ0) is 31.0. The van der Waals surface area contributed by atoms with E-state index in [4.69, 9.17) is 21.7 Å². The number of piperazine rings is 1. The first-order chi connectivity index (χ1) is 21.8. The molecule has 0 saturated carbocycles. The Hall–Kier alpha value is -3.50. The van der Waals surface area contributed by atoms with E-state index in [2.05, 4.69) is 27.8 Å². The molecule has 0 bridgehead atoms. The molecule has 2 aromatic heterocycles. The van der Waals surface area contributed by atoms with Gasteiger partial charge in [-0.2, -0.15) is 5.10 Å². The Labute approximate surface area is 270 Å². The maximum Gasteiger partial charge on any atom is 0.253 e. The van der Waals surface area contributed by atoms with E-state index in [1.807, 2.05) is 70.2 Å². The first-order valence-electron chi connectivity index (χ1n) is 16.2. The first kappa shape index (κ1) is 30.2. The number of piperidine rings is 2. The van der Waals surface area contributed by atoms with Crippen LogP contribution in [0.1, 0.15) is 53.0 Å². The van der Waals surface area contributed by atoms with Gasteiger partial charge in [0.25, 0.3) is 5.91 Å². The summed E-state index contributed by atoms with van der Waals surface area (Å²) in [6, 6.07) is 20.1. The number of likely N-dealkylation sites (N-methyl/N-ethyl adjacent to an activating group) is 1. The highest BCUT2D eigenvalue weighted by Crippen LogP contribution is 2.36. The van der Waals surface area contributed by atoms with Crippen molar-refractivity contribution in [3.05, 3.63) is 94.4 Å². The Balaban J connectivity index is 0.966. The van der Waals surface area contributed by atoms with Crippen LogP contribution in [0.25, 0.3) is 5.65 Å². The van der Waals surface area contributed by atoms with E-state index in [0.29, 0.717) is 43.4 Å². The van der Waals surface area contributed by atoms with E-state index in [1.165, 1.54) is 0 Å². The minimum atomic E-state index is -0.862. The standard InChI is InChI=1S/C35H42ClN7O2/c1-39-21-23-40(24-22-39)30-12-17-42(18-13-30)34(44)27-6-4-26(5-7-27)25-32-37-33-31(3-2-16-43(33)38-32)41-19-14-35(45,15-20-41)28-8-10-29(36)11-9-28/h2-11,16,30,45H,12-15,17-25H2,1H3. The molecule has 1 amide bonds. The summed E-state index contributed by atoms with van der Waals surface area (Å²) in [5.74, 6) is 0.862. The minimum Gasteiger partial charge on any atom is -0.385 e. The molecule has 3 saturated heterocycles. The van der Waals surface area contributed by atoms with Crippen LogP contribution in [0, 0.1) is 0 Å². The van der Waals surface area contributed by atoms with E-state index in [0.717, 1.165) is 86.0 Å². The second-order valence-electron chi connectivity index (χ2n) is 13.0. The van der Waals surface area contributed by atoms with Crippen molar-refractivity contribution in [3.63, 3.8) is 0 Å². The molecule has 0 aliphatic carbocycles. The molecule has 2 aromatic carbocycles. The number of aliphatic hydroxyl groups is 1. The SMILES string of the molecule is CN1CCN(C2CCN(C(=O)c3ccc(Cc4nc5c(N6CCC(O)(c7ccc(Cl)cc7)CC6)cccn5n4)cc3)CC2)CC1. The van der Waals surface area contributed by atoms with Gasteiger partial charge in [-0.15, -0.1) is 0 Å². The van der Waals surface area contributed by atoms with Gasteiger partial charge in [-0.05, 0) is 80.3 Å². The monoisotopic (exact) mass is 627 g/mol. The van der Waals surface area contributed by atoms with E-state index < -0.39 is 5.60 Å². The van der Waals surface area contributed by atoms with Gasteiger partial charge in [-0.25, -0.2) is 9.50 Å². The highest BCUT2D eigenvalue weighted by Gasteiger charge is 2.35. The summed E-state index contributed by atoms with van der Waals surface area (Å²) >= 11 is 6.06. The fourth-order valence-electron chi connectivity index (χ4n) is 7.18. The first-order valence-corrected chi connectivity index (χ1v) is 16.6. The molecule has 7 rings (SSSR count). The maximum absolute atomic E-state index is 13.3. The van der Waals surface area contributed by atoms with E-state index in [-0.39, 0.29) is 5.91 Å². The Morgan fingerprint density at radius 3 is 2.29 bits per heavy atom. The van der Waals surface area contributed by atoms with Crippen molar-refractivity contribution in [1.29, 1.82) is 0 Å². The molecule has 3 aliphatic rings. The molecule has 0 unspecified atom stereocenters. The maximum atomic E-state index is 13.3. The second kappa shape index (κ2) is 12.7. The number of anilines is 1. The number of pyridine rings is 1. The third kappa shape index (κ3) is 6.45. The van der Waals surface area contributed by atoms with Gasteiger partial charge in [0, 0.05) is 81.6 Å². The summed E-state index contributed by atoms with van der Waals surface area (Å²) in [4.78, 5) is 27.5. The van der Waals surface area contributed by atoms with Gasteiger partial charge in [0.05, 0.1) is 11.3 Å². The number of hydrogen-bond donors (Lipinski definition) is 1. The molecule has 45 heavy (non-hydrogen) atoms. The summed E-state index contributed by atoms with van der Waals surface area (Å²) in [6.07, 6.45) is 5.86. The Kier molecular flexibility index (Phi) is 8.52. The minimum absolute atomic E-state index is 0.123. The van der Waals surface area contributed by atoms with Crippen LogP contribution in [0.3, 0.4) is 0 Å². The molecule has 0 radical (unpaired) electrons. The summed E-state index contributed by atoms with van der Waals surface area (Å²) in [5.41, 5.74) is 3.70. The Morgan fingerprint density at radius 2 is 1.60 bits per heavy atom. The van der Waals surface area contributed by atoms with E-state index >= 15 is 0 Å². The molecule has 0 atom stereocenters. The molecule has 4 aromatic rings. The van der Waals surface area contributed by atoms with Crippen LogP contribution in [0.15, 0.2) is 66.9 Å². The van der Waals surface area contributed by atoms with Crippen LogP contribution in [-0.4, -0.2) is 106 Å². The zero-order valence-corrected chi connectivity index (χ0v) is 26.7. The molecule has 0 spiro atoms. The predicted molar refractivity (Wildman–Crippen MR) is 177 cm³/mol. The van der Waals surface area contributed by atoms with Gasteiger partial charge < -0.3 is 19.8 Å². The van der Waals surface area contributed by atoms with Crippen molar-refractivity contribution in [2.24, 2.45) is 0 Å². The normalized spacial score (nSPS) is 20.2. The number of benzene rings is 2. The van der Waals surface area contributed by atoms with E-state index in [1.54, 1.807) is 0 Å². The van der Waals surface area contributed by atoms with Crippen molar-refractivity contribution >= 4 is 28.8 Å². The lowest BCUT2D eigenvalue weighted by Gasteiger charge is -2.42. The molecule has 9 nitrogen and oxygen atoms in total. The third-order valence-corrected chi connectivity index (χ3v) is 10.3. The zero-order valence-electron chi connectivity index (χ0n) is 26.0. The third-order valence-electron chi connectivity index (χ3n) is 10.1. The predicted octanol–water partition coefficient (Wildman–Crippen LogP) is 4.31. The number of amides is 1. The number of likely N-dealkylation sites (tertiary alicyclic amines) is 1. The van der Waals surface area contributed by atoms with Crippen molar-refractivity contribution in [3.8, 4) is 0 Å². The lowest BCUT2D eigenvalue weighted by Crippen LogP contribution is -2.52. The van der Waals surface area contributed by atoms with Crippen LogP contribution in [0.2, 0.25) is 5.02 Å². The van der Waals surface area contributed by atoms with Gasteiger partial charge in [-0.1, -0.05) is 35.9 Å². The summed E-state index contributed by atoms with van der Waals surface area (Å²) in [5, 5.41) is 16.8. The molecule has 5 heterocycles. The van der Waals surface area contributed by atoms with Crippen molar-refractivity contribution < 1.29 is 9.90 Å². The summed E-state index contributed by atoms with van der Waals surface area (Å²) < 4.78 is 1.84. The number of fused-ring (bicyclic) bond motifs is 1. The summed E-state index contributed by atoms with van der Waals surface area (Å²) in [6.45, 7) is 7.60. The Morgan fingerprint density at radius 1 is 0.911 bits per heavy atom. The number of carbonyl (C=O) groups excluding carboxylic acids is 1. The average molecular weight is 628 g/mol. The quantitative estimate of drug-likeness (QED) is 0.341. The van der Waals surface area contributed by atoms with Crippen molar-refractivity contribution in [2.45, 2.75) is 43.7 Å². The topological polar surface area (TPSA) is 80.5 Å². The molecular formula is C35H42ClN7O2. The van der Waals surface area contributed by atoms with Crippen molar-refractivity contribution in [2.75, 3.05) is 64.3 Å². The number of hydrogen-bond acceptors (Lipinski definition) is 7. The molecule has 236 valence electrons. The van der Waals surface area contributed by atoms with Crippen LogP contribution in [-0.2, 0) is 12.0 Å². The average Bonchev–Trinajstić information content (AvgIpc) is 3.49. The van der Waals surface area contributed by atoms with Gasteiger partial charge in [0.1, 0.15) is 0 Å². The number of aromatic nitrogens is 3. The molecule has 1 N–H and O–H groups in total. The number of rotatable bonds is 6.